The summed E-state index contributed by atoms with van der Waals surface area (Å²) < 4.78 is 4.46. The van der Waals surface area contributed by atoms with Gasteiger partial charge >= 0.3 is 5.97 Å². The molecule has 0 aromatic heterocycles. The fraction of sp³-hybridized carbons (Fsp3) is 0.727. The van der Waals surface area contributed by atoms with Crippen molar-refractivity contribution in [2.24, 2.45) is 11.8 Å². The molecule has 14 heavy (non-hydrogen) atoms. The molecule has 0 unspecified atom stereocenters. The minimum atomic E-state index is -0.402. The Morgan fingerprint density at radius 3 is 2.50 bits per heavy atom. The first-order valence-corrected chi connectivity index (χ1v) is 4.97. The zero-order valence-electron chi connectivity index (χ0n) is 9.36. The lowest BCUT2D eigenvalue weighted by Gasteiger charge is -2.21. The number of aliphatic hydroxyl groups excluding tert-OH is 1. The van der Waals surface area contributed by atoms with Gasteiger partial charge in [-0.05, 0) is 5.92 Å². The van der Waals surface area contributed by atoms with E-state index in [0.717, 1.165) is 6.42 Å². The second kappa shape index (κ2) is 6.60. The van der Waals surface area contributed by atoms with Crippen LogP contribution in [0.1, 0.15) is 27.2 Å². The molecule has 0 saturated heterocycles. The summed E-state index contributed by atoms with van der Waals surface area (Å²) in [6.45, 7) is 5.91. The van der Waals surface area contributed by atoms with Crippen LogP contribution in [0.4, 0.5) is 0 Å². The summed E-state index contributed by atoms with van der Waals surface area (Å²) in [5.41, 5.74) is 0. The number of methoxy groups -OCH3 is 1. The molecule has 0 aromatic carbocycles. The van der Waals surface area contributed by atoms with Crippen LogP contribution < -0.4 is 0 Å². The van der Waals surface area contributed by atoms with Crippen LogP contribution in [0.25, 0.3) is 0 Å². The van der Waals surface area contributed by atoms with E-state index in [1.54, 1.807) is 6.08 Å². The Morgan fingerprint density at radius 2 is 2.07 bits per heavy atom. The lowest BCUT2D eigenvalue weighted by atomic mass is 9.91. The van der Waals surface area contributed by atoms with E-state index in [1.807, 2.05) is 20.8 Å². The van der Waals surface area contributed by atoms with Crippen LogP contribution >= 0.6 is 0 Å². The smallest absolute Gasteiger partial charge is 0.330 e. The maximum atomic E-state index is 10.8. The predicted molar refractivity (Wildman–Crippen MR) is 55.8 cm³/mol. The summed E-state index contributed by atoms with van der Waals surface area (Å²) in [5.74, 6) is -0.162. The van der Waals surface area contributed by atoms with Crippen LogP contribution in [-0.2, 0) is 9.53 Å². The van der Waals surface area contributed by atoms with E-state index in [0.29, 0.717) is 0 Å². The van der Waals surface area contributed by atoms with Gasteiger partial charge < -0.3 is 9.84 Å². The second-order valence-electron chi connectivity index (χ2n) is 3.62. The maximum absolute atomic E-state index is 10.8. The molecular weight excluding hydrogens is 180 g/mol. The average molecular weight is 200 g/mol. The van der Waals surface area contributed by atoms with Crippen molar-refractivity contribution >= 4 is 5.97 Å². The van der Waals surface area contributed by atoms with Gasteiger partial charge in [0.25, 0.3) is 0 Å². The molecule has 0 aliphatic rings. The first-order valence-electron chi connectivity index (χ1n) is 4.97. The van der Waals surface area contributed by atoms with E-state index >= 15 is 0 Å². The first-order chi connectivity index (χ1) is 6.52. The largest absolute Gasteiger partial charge is 0.466 e. The van der Waals surface area contributed by atoms with Gasteiger partial charge in [0.05, 0.1) is 13.2 Å². The highest BCUT2D eigenvalue weighted by atomic mass is 16.5. The van der Waals surface area contributed by atoms with E-state index in [2.05, 4.69) is 4.74 Å². The normalized spacial score (nSPS) is 17.8. The third-order valence-electron chi connectivity index (χ3n) is 2.50. The minimum absolute atomic E-state index is 0.0240. The van der Waals surface area contributed by atoms with Crippen molar-refractivity contribution in [3.8, 4) is 0 Å². The van der Waals surface area contributed by atoms with Crippen LogP contribution in [0.5, 0.6) is 0 Å². The summed E-state index contributed by atoms with van der Waals surface area (Å²) in [7, 11) is 1.34. The van der Waals surface area contributed by atoms with Crippen molar-refractivity contribution in [2.45, 2.75) is 33.3 Å². The second-order valence-corrected chi connectivity index (χ2v) is 3.62. The summed E-state index contributed by atoms with van der Waals surface area (Å²) in [5, 5.41) is 9.77. The van der Waals surface area contributed by atoms with Crippen molar-refractivity contribution < 1.29 is 14.6 Å². The van der Waals surface area contributed by atoms with Crippen LogP contribution in [-0.4, -0.2) is 24.3 Å². The number of hydrogen-bond donors (Lipinski definition) is 1. The Labute approximate surface area is 85.8 Å². The monoisotopic (exact) mass is 200 g/mol. The maximum Gasteiger partial charge on any atom is 0.330 e. The Bertz CT molecular complexity index is 199. The van der Waals surface area contributed by atoms with Gasteiger partial charge in [-0.15, -0.1) is 0 Å². The molecule has 0 saturated carbocycles. The number of carbonyl (C=O) groups is 1. The van der Waals surface area contributed by atoms with Crippen molar-refractivity contribution in [3.63, 3.8) is 0 Å². The molecular formula is C11H20O3. The molecule has 0 aliphatic carbocycles. The Kier molecular flexibility index (Phi) is 6.21. The van der Waals surface area contributed by atoms with E-state index in [-0.39, 0.29) is 17.8 Å². The molecule has 0 spiro atoms. The number of rotatable bonds is 5. The molecule has 0 amide bonds. The van der Waals surface area contributed by atoms with Crippen LogP contribution in [0.15, 0.2) is 12.2 Å². The standard InChI is InChI=1S/C11H20O3/c1-5-8(2)11(13)9(3)6-7-10(12)14-4/h6-9,11,13H,5H2,1-4H3/b7-6+/t8-,9+,11+/m0/s1. The Hall–Kier alpha value is -0.830. The summed E-state index contributed by atoms with van der Waals surface area (Å²) >= 11 is 0. The fourth-order valence-corrected chi connectivity index (χ4v) is 1.17. The van der Waals surface area contributed by atoms with Gasteiger partial charge in [-0.25, -0.2) is 4.79 Å². The van der Waals surface area contributed by atoms with E-state index in [1.165, 1.54) is 13.2 Å². The van der Waals surface area contributed by atoms with Crippen LogP contribution in [0.2, 0.25) is 0 Å². The fourth-order valence-electron chi connectivity index (χ4n) is 1.17. The lowest BCUT2D eigenvalue weighted by molar-refractivity contribution is -0.134. The van der Waals surface area contributed by atoms with Gasteiger partial charge in [-0.3, -0.25) is 0 Å². The molecule has 82 valence electrons. The van der Waals surface area contributed by atoms with Crippen LogP contribution in [0, 0.1) is 11.8 Å². The predicted octanol–water partition coefficient (Wildman–Crippen LogP) is 1.76. The number of hydrogen-bond acceptors (Lipinski definition) is 3. The molecule has 0 aromatic rings. The Balaban J connectivity index is 4.12. The van der Waals surface area contributed by atoms with Crippen molar-refractivity contribution in [3.05, 3.63) is 12.2 Å². The van der Waals surface area contributed by atoms with Crippen molar-refractivity contribution in [1.82, 2.24) is 0 Å². The van der Waals surface area contributed by atoms with E-state index in [9.17, 15) is 9.90 Å². The third kappa shape index (κ3) is 4.42. The highest BCUT2D eigenvalue weighted by Crippen LogP contribution is 2.16. The van der Waals surface area contributed by atoms with E-state index < -0.39 is 6.10 Å². The molecule has 0 bridgehead atoms. The topological polar surface area (TPSA) is 46.5 Å². The third-order valence-corrected chi connectivity index (χ3v) is 2.50. The molecule has 3 heteroatoms. The SMILES string of the molecule is CC[C@H](C)[C@@H](O)[C@H](C)/C=C/C(=O)OC. The summed E-state index contributed by atoms with van der Waals surface area (Å²) in [6.07, 6.45) is 3.57. The van der Waals surface area contributed by atoms with Gasteiger partial charge in [0.2, 0.25) is 0 Å². The molecule has 3 atom stereocenters. The minimum Gasteiger partial charge on any atom is -0.466 e. The van der Waals surface area contributed by atoms with Crippen molar-refractivity contribution in [1.29, 1.82) is 0 Å². The highest BCUT2D eigenvalue weighted by Gasteiger charge is 2.17. The van der Waals surface area contributed by atoms with E-state index in [4.69, 9.17) is 0 Å². The number of ether oxygens (including phenoxy) is 1. The molecule has 1 N–H and O–H groups in total. The quantitative estimate of drug-likeness (QED) is 0.543. The van der Waals surface area contributed by atoms with Gasteiger partial charge in [-0.2, -0.15) is 0 Å². The van der Waals surface area contributed by atoms with Crippen LogP contribution in [0.3, 0.4) is 0 Å². The number of esters is 1. The first kappa shape index (κ1) is 13.2. The van der Waals surface area contributed by atoms with Crippen molar-refractivity contribution in [2.75, 3.05) is 7.11 Å². The summed E-state index contributed by atoms with van der Waals surface area (Å²) in [6, 6.07) is 0. The number of carbonyl (C=O) groups excluding carboxylic acids is 1. The average Bonchev–Trinajstić information content (AvgIpc) is 2.22. The molecule has 0 rings (SSSR count). The lowest BCUT2D eigenvalue weighted by Crippen LogP contribution is -2.24. The molecule has 3 nitrogen and oxygen atoms in total. The zero-order valence-corrected chi connectivity index (χ0v) is 9.36. The highest BCUT2D eigenvalue weighted by molar-refractivity contribution is 5.81. The van der Waals surface area contributed by atoms with Gasteiger partial charge in [0.1, 0.15) is 0 Å². The number of aliphatic hydroxyl groups is 1. The molecule has 0 aliphatic heterocycles. The van der Waals surface area contributed by atoms with Gasteiger partial charge in [-0.1, -0.05) is 33.3 Å². The summed E-state index contributed by atoms with van der Waals surface area (Å²) in [4.78, 5) is 10.8. The van der Waals surface area contributed by atoms with Gasteiger partial charge in [0, 0.05) is 12.0 Å². The zero-order chi connectivity index (χ0) is 11.1. The molecule has 0 fully saturated rings. The van der Waals surface area contributed by atoms with Gasteiger partial charge in [0.15, 0.2) is 0 Å². The molecule has 0 radical (unpaired) electrons. The molecule has 0 heterocycles. The Morgan fingerprint density at radius 1 is 1.50 bits per heavy atom.